The summed E-state index contributed by atoms with van der Waals surface area (Å²) in [5, 5.41) is 17.5. The number of benzene rings is 1. The van der Waals surface area contributed by atoms with Crippen LogP contribution in [0.4, 0.5) is 5.82 Å². The number of hydrogen-bond donors (Lipinski definition) is 1. The molecule has 0 atom stereocenters. The summed E-state index contributed by atoms with van der Waals surface area (Å²) in [4.78, 5) is 25.5. The van der Waals surface area contributed by atoms with Crippen LogP contribution in [0.15, 0.2) is 55.2 Å². The van der Waals surface area contributed by atoms with E-state index < -0.39 is 4.92 Å². The summed E-state index contributed by atoms with van der Waals surface area (Å²) < 4.78 is 3.28. The van der Waals surface area contributed by atoms with Gasteiger partial charge in [0.2, 0.25) is 12.2 Å². The molecule has 128 valence electrons. The highest BCUT2D eigenvalue weighted by atomic mass is 16.6. The van der Waals surface area contributed by atoms with Crippen molar-refractivity contribution in [2.24, 2.45) is 0 Å². The Hall–Kier alpha value is -3.49. The van der Waals surface area contributed by atoms with Crippen LogP contribution in [0.5, 0.6) is 0 Å². The first-order valence-corrected chi connectivity index (χ1v) is 7.63. The summed E-state index contributed by atoms with van der Waals surface area (Å²) in [6.07, 6.45) is 6.44. The van der Waals surface area contributed by atoms with Crippen molar-refractivity contribution in [1.29, 1.82) is 0 Å². The molecule has 0 aliphatic heterocycles. The number of nitrogens with zero attached hydrogens (tertiary/aromatic N) is 5. The van der Waals surface area contributed by atoms with Gasteiger partial charge in [-0.25, -0.2) is 4.68 Å². The smallest absolute Gasteiger partial charge is 0.358 e. The van der Waals surface area contributed by atoms with E-state index in [1.165, 1.54) is 17.1 Å². The predicted octanol–water partition coefficient (Wildman–Crippen LogP) is 1.68. The molecule has 1 N–H and O–H groups in total. The van der Waals surface area contributed by atoms with Crippen molar-refractivity contribution in [1.82, 2.24) is 24.6 Å². The lowest BCUT2D eigenvalue weighted by molar-refractivity contribution is -0.389. The van der Waals surface area contributed by atoms with E-state index in [0.29, 0.717) is 13.1 Å². The SMILES string of the molecule is O=C(CCn1cnc([N+](=O)[O-])c1)NCc1ccc(-n2cccn2)cc1. The maximum atomic E-state index is 11.9. The number of nitrogens with one attached hydrogen (secondary N) is 1. The quantitative estimate of drug-likeness (QED) is 0.520. The molecule has 0 aliphatic carbocycles. The number of imidazole rings is 1. The molecule has 9 nitrogen and oxygen atoms in total. The minimum absolute atomic E-state index is 0.132. The van der Waals surface area contributed by atoms with Crippen molar-refractivity contribution in [3.63, 3.8) is 0 Å². The number of hydrogen-bond acceptors (Lipinski definition) is 5. The fraction of sp³-hybridized carbons (Fsp3) is 0.188. The van der Waals surface area contributed by atoms with Crippen molar-refractivity contribution in [3.8, 4) is 5.69 Å². The van der Waals surface area contributed by atoms with E-state index in [-0.39, 0.29) is 18.1 Å². The lowest BCUT2D eigenvalue weighted by atomic mass is 10.2. The van der Waals surface area contributed by atoms with E-state index in [1.54, 1.807) is 10.9 Å². The summed E-state index contributed by atoms with van der Waals surface area (Å²) in [6, 6.07) is 9.56. The number of carbonyl (C=O) groups excluding carboxylic acids is 1. The summed E-state index contributed by atoms with van der Waals surface area (Å²) in [5.74, 6) is -0.356. The van der Waals surface area contributed by atoms with Gasteiger partial charge >= 0.3 is 5.82 Å². The molecule has 1 aromatic carbocycles. The predicted molar refractivity (Wildman–Crippen MR) is 88.9 cm³/mol. The average Bonchev–Trinajstić information content (AvgIpc) is 3.30. The minimum Gasteiger partial charge on any atom is -0.358 e. The number of rotatable bonds is 7. The van der Waals surface area contributed by atoms with E-state index in [0.717, 1.165) is 11.3 Å². The minimum atomic E-state index is -0.566. The molecule has 25 heavy (non-hydrogen) atoms. The van der Waals surface area contributed by atoms with Gasteiger partial charge in [0.15, 0.2) is 0 Å². The molecule has 0 fully saturated rings. The van der Waals surface area contributed by atoms with Gasteiger partial charge in [0, 0.05) is 31.9 Å². The Kier molecular flexibility index (Phi) is 4.84. The second-order valence-electron chi connectivity index (χ2n) is 5.37. The standard InChI is InChI=1S/C16H16N6O3/c23-16(6-9-20-11-15(18-12-20)22(24)25)17-10-13-2-4-14(5-3-13)21-8-1-7-19-21/h1-5,7-8,11-12H,6,9-10H2,(H,17,23). The summed E-state index contributed by atoms with van der Waals surface area (Å²) >= 11 is 0. The molecule has 3 aromatic rings. The van der Waals surface area contributed by atoms with Crippen LogP contribution >= 0.6 is 0 Å². The maximum absolute atomic E-state index is 11.9. The lowest BCUT2D eigenvalue weighted by Gasteiger charge is -2.07. The van der Waals surface area contributed by atoms with Crippen LogP contribution < -0.4 is 5.32 Å². The molecule has 0 aliphatic rings. The molecular weight excluding hydrogens is 324 g/mol. The maximum Gasteiger partial charge on any atom is 0.381 e. The second-order valence-corrected chi connectivity index (χ2v) is 5.37. The molecule has 3 rings (SSSR count). The van der Waals surface area contributed by atoms with E-state index in [4.69, 9.17) is 0 Å². The number of aromatic nitrogens is 4. The molecule has 0 radical (unpaired) electrons. The largest absolute Gasteiger partial charge is 0.381 e. The van der Waals surface area contributed by atoms with Crippen molar-refractivity contribution >= 4 is 11.7 Å². The highest BCUT2D eigenvalue weighted by molar-refractivity contribution is 5.75. The molecule has 2 aromatic heterocycles. The number of nitro groups is 1. The zero-order chi connectivity index (χ0) is 17.6. The van der Waals surface area contributed by atoms with Crippen LogP contribution in [0.25, 0.3) is 5.69 Å². The van der Waals surface area contributed by atoms with Crippen molar-refractivity contribution in [2.45, 2.75) is 19.5 Å². The van der Waals surface area contributed by atoms with Crippen molar-refractivity contribution in [2.75, 3.05) is 0 Å². The summed E-state index contributed by atoms with van der Waals surface area (Å²) in [7, 11) is 0. The van der Waals surface area contributed by atoms with Gasteiger partial charge < -0.3 is 20.0 Å². The second kappa shape index (κ2) is 7.39. The molecule has 0 saturated carbocycles. The third-order valence-corrected chi connectivity index (χ3v) is 3.60. The van der Waals surface area contributed by atoms with Gasteiger partial charge in [-0.1, -0.05) is 12.1 Å². The Bertz CT molecular complexity index is 854. The normalized spacial score (nSPS) is 10.6. The molecule has 0 spiro atoms. The van der Waals surface area contributed by atoms with E-state index in [9.17, 15) is 14.9 Å². The molecule has 1 amide bonds. The molecule has 2 heterocycles. The Labute approximate surface area is 143 Å². The number of carbonyl (C=O) groups is 1. The topological polar surface area (TPSA) is 108 Å². The molecular formula is C16H16N6O3. The fourth-order valence-electron chi connectivity index (χ4n) is 2.27. The Morgan fingerprint density at radius 3 is 2.72 bits per heavy atom. The molecule has 0 bridgehead atoms. The third kappa shape index (κ3) is 4.28. The Morgan fingerprint density at radius 2 is 2.08 bits per heavy atom. The zero-order valence-electron chi connectivity index (χ0n) is 13.3. The van der Waals surface area contributed by atoms with Crippen LogP contribution in [0.1, 0.15) is 12.0 Å². The van der Waals surface area contributed by atoms with Crippen LogP contribution in [0, 0.1) is 10.1 Å². The fourth-order valence-corrected chi connectivity index (χ4v) is 2.27. The summed E-state index contributed by atoms with van der Waals surface area (Å²) in [5.41, 5.74) is 1.92. The first-order chi connectivity index (χ1) is 12.1. The Balaban J connectivity index is 1.46. The van der Waals surface area contributed by atoms with Crippen LogP contribution in [-0.4, -0.2) is 30.2 Å². The van der Waals surface area contributed by atoms with E-state index in [2.05, 4.69) is 15.4 Å². The first-order valence-electron chi connectivity index (χ1n) is 7.63. The van der Waals surface area contributed by atoms with Gasteiger partial charge in [-0.05, 0) is 33.7 Å². The number of aryl methyl sites for hydroxylation is 1. The number of amides is 1. The van der Waals surface area contributed by atoms with Gasteiger partial charge in [-0.2, -0.15) is 5.10 Å². The first kappa shape index (κ1) is 16.4. The van der Waals surface area contributed by atoms with Gasteiger partial charge in [-0.15, -0.1) is 0 Å². The molecule has 0 unspecified atom stereocenters. The van der Waals surface area contributed by atoms with Crippen LogP contribution in [-0.2, 0) is 17.9 Å². The lowest BCUT2D eigenvalue weighted by Crippen LogP contribution is -2.23. The molecule has 0 saturated heterocycles. The highest BCUT2D eigenvalue weighted by Crippen LogP contribution is 2.09. The summed E-state index contributed by atoms with van der Waals surface area (Å²) in [6.45, 7) is 0.757. The van der Waals surface area contributed by atoms with Crippen molar-refractivity contribution < 1.29 is 9.72 Å². The van der Waals surface area contributed by atoms with E-state index in [1.807, 2.05) is 36.5 Å². The zero-order valence-corrected chi connectivity index (χ0v) is 13.3. The average molecular weight is 340 g/mol. The van der Waals surface area contributed by atoms with Gasteiger partial charge in [0.05, 0.1) is 5.69 Å². The van der Waals surface area contributed by atoms with E-state index >= 15 is 0 Å². The third-order valence-electron chi connectivity index (χ3n) is 3.60. The Morgan fingerprint density at radius 1 is 1.28 bits per heavy atom. The monoisotopic (exact) mass is 340 g/mol. The van der Waals surface area contributed by atoms with Gasteiger partial charge in [0.1, 0.15) is 6.20 Å². The highest BCUT2D eigenvalue weighted by Gasteiger charge is 2.10. The van der Waals surface area contributed by atoms with Crippen LogP contribution in [0.2, 0.25) is 0 Å². The van der Waals surface area contributed by atoms with Crippen molar-refractivity contribution in [3.05, 3.63) is 70.9 Å². The molecule has 9 heteroatoms. The van der Waals surface area contributed by atoms with Crippen LogP contribution in [0.3, 0.4) is 0 Å². The van der Waals surface area contributed by atoms with Gasteiger partial charge in [-0.3, -0.25) is 4.79 Å². The van der Waals surface area contributed by atoms with Gasteiger partial charge in [0.25, 0.3) is 0 Å².